The molecule has 0 atom stereocenters. The molecule has 0 bridgehead atoms. The molecule has 0 radical (unpaired) electrons. The minimum Gasteiger partial charge on any atom is -0.438 e. The van der Waals surface area contributed by atoms with Crippen LogP contribution in [0.5, 0.6) is 11.6 Å². The average Bonchev–Trinajstić information content (AvgIpc) is 2.34. The van der Waals surface area contributed by atoms with Gasteiger partial charge in [-0.25, -0.2) is 9.37 Å². The lowest BCUT2D eigenvalue weighted by atomic mass is 10.3. The summed E-state index contributed by atoms with van der Waals surface area (Å²) in [4.78, 5) is 3.94. The highest BCUT2D eigenvalue weighted by Crippen LogP contribution is 2.29. The number of hydrogen-bond donors (Lipinski definition) is 0. The summed E-state index contributed by atoms with van der Waals surface area (Å²) in [6.07, 6.45) is 1.46. The van der Waals surface area contributed by atoms with E-state index in [2.05, 4.69) is 20.9 Å². The Morgan fingerprint density at radius 2 is 2.12 bits per heavy atom. The van der Waals surface area contributed by atoms with Crippen LogP contribution in [-0.2, 0) is 0 Å². The molecule has 0 aliphatic heterocycles. The number of ether oxygens (including phenoxy) is 1. The third-order valence-corrected chi connectivity index (χ3v) is 2.63. The summed E-state index contributed by atoms with van der Waals surface area (Å²) in [5.74, 6) is 0.155. The minimum absolute atomic E-state index is 0.246. The van der Waals surface area contributed by atoms with Crippen molar-refractivity contribution < 1.29 is 9.13 Å². The van der Waals surface area contributed by atoms with Gasteiger partial charge in [0.25, 0.3) is 0 Å². The van der Waals surface area contributed by atoms with Gasteiger partial charge in [-0.2, -0.15) is 5.26 Å². The van der Waals surface area contributed by atoms with Gasteiger partial charge in [-0.1, -0.05) is 0 Å². The van der Waals surface area contributed by atoms with Crippen LogP contribution in [-0.4, -0.2) is 4.98 Å². The van der Waals surface area contributed by atoms with Crippen LogP contribution in [0.3, 0.4) is 0 Å². The molecule has 0 aliphatic rings. The van der Waals surface area contributed by atoms with E-state index in [4.69, 9.17) is 10.00 Å². The average molecular weight is 293 g/mol. The molecule has 1 aromatic carbocycles. The Morgan fingerprint density at radius 3 is 2.88 bits per heavy atom. The lowest BCUT2D eigenvalue weighted by molar-refractivity contribution is 0.455. The Balaban J connectivity index is 2.31. The molecule has 1 heterocycles. The number of hydrogen-bond acceptors (Lipinski definition) is 3. The summed E-state index contributed by atoms with van der Waals surface area (Å²) in [6, 6.07) is 9.12. The number of benzene rings is 1. The third-order valence-electron chi connectivity index (χ3n) is 1.97. The smallest absolute Gasteiger partial charge is 0.220 e. The van der Waals surface area contributed by atoms with E-state index in [0.717, 1.165) is 0 Å². The topological polar surface area (TPSA) is 45.9 Å². The minimum atomic E-state index is -0.403. The zero-order valence-corrected chi connectivity index (χ0v) is 10.1. The van der Waals surface area contributed by atoms with Crippen LogP contribution in [0, 0.1) is 17.1 Å². The Morgan fingerprint density at radius 1 is 1.29 bits per heavy atom. The molecular weight excluding hydrogens is 287 g/mol. The van der Waals surface area contributed by atoms with Crippen molar-refractivity contribution in [3.05, 3.63) is 52.4 Å². The molecule has 5 heteroatoms. The number of nitriles is 1. The fourth-order valence-corrected chi connectivity index (χ4v) is 1.53. The molecule has 0 N–H and O–H groups in total. The summed E-state index contributed by atoms with van der Waals surface area (Å²) in [5, 5.41) is 8.72. The van der Waals surface area contributed by atoms with Crippen molar-refractivity contribution in [1.29, 1.82) is 5.26 Å². The second kappa shape index (κ2) is 4.93. The molecule has 0 aliphatic carbocycles. The first-order valence-corrected chi connectivity index (χ1v) is 5.47. The van der Waals surface area contributed by atoms with Gasteiger partial charge in [0.05, 0.1) is 16.1 Å². The van der Waals surface area contributed by atoms with Crippen LogP contribution in [0.25, 0.3) is 0 Å². The highest BCUT2D eigenvalue weighted by atomic mass is 79.9. The molecule has 3 nitrogen and oxygen atoms in total. The standard InChI is InChI=1S/C12H6BrFN2O/c13-10-2-1-9(14)6-11(10)17-12-5-8(7-15)3-4-16-12/h1-6H. The van der Waals surface area contributed by atoms with Gasteiger partial charge in [0, 0.05) is 18.3 Å². The van der Waals surface area contributed by atoms with E-state index in [-0.39, 0.29) is 5.88 Å². The van der Waals surface area contributed by atoms with E-state index in [9.17, 15) is 4.39 Å². The van der Waals surface area contributed by atoms with Crippen LogP contribution < -0.4 is 4.74 Å². The predicted molar refractivity (Wildman–Crippen MR) is 63.1 cm³/mol. The summed E-state index contributed by atoms with van der Waals surface area (Å²) < 4.78 is 19.0. The van der Waals surface area contributed by atoms with Crippen LogP contribution in [0.4, 0.5) is 4.39 Å². The second-order valence-corrected chi connectivity index (χ2v) is 4.03. The highest BCUT2D eigenvalue weighted by molar-refractivity contribution is 9.10. The van der Waals surface area contributed by atoms with Crippen molar-refractivity contribution in [2.45, 2.75) is 0 Å². The van der Waals surface area contributed by atoms with Gasteiger partial charge < -0.3 is 4.74 Å². The first-order chi connectivity index (χ1) is 8.19. The quantitative estimate of drug-likeness (QED) is 0.849. The van der Waals surface area contributed by atoms with Gasteiger partial charge in [0.1, 0.15) is 11.6 Å². The molecular formula is C12H6BrFN2O. The van der Waals surface area contributed by atoms with Crippen molar-refractivity contribution in [2.24, 2.45) is 0 Å². The molecule has 2 rings (SSSR count). The van der Waals surface area contributed by atoms with E-state index in [1.807, 2.05) is 6.07 Å². The van der Waals surface area contributed by atoms with Crippen LogP contribution in [0.2, 0.25) is 0 Å². The maximum Gasteiger partial charge on any atom is 0.220 e. The van der Waals surface area contributed by atoms with Crippen molar-refractivity contribution in [2.75, 3.05) is 0 Å². The lowest BCUT2D eigenvalue weighted by Gasteiger charge is -2.06. The molecule has 0 unspecified atom stereocenters. The summed E-state index contributed by atoms with van der Waals surface area (Å²) >= 11 is 3.24. The zero-order valence-electron chi connectivity index (χ0n) is 8.52. The number of halogens is 2. The largest absolute Gasteiger partial charge is 0.438 e. The van der Waals surface area contributed by atoms with Crippen LogP contribution in [0.15, 0.2) is 41.0 Å². The number of rotatable bonds is 2. The SMILES string of the molecule is N#Cc1ccnc(Oc2cc(F)ccc2Br)c1. The van der Waals surface area contributed by atoms with E-state index < -0.39 is 5.82 Å². The zero-order chi connectivity index (χ0) is 12.3. The second-order valence-electron chi connectivity index (χ2n) is 3.17. The maximum absolute atomic E-state index is 13.0. The molecule has 0 spiro atoms. The van der Waals surface area contributed by atoms with E-state index >= 15 is 0 Å². The Kier molecular flexibility index (Phi) is 3.35. The Labute approximate surface area is 106 Å². The van der Waals surface area contributed by atoms with Gasteiger partial charge >= 0.3 is 0 Å². The molecule has 0 saturated carbocycles. The number of pyridine rings is 1. The molecule has 17 heavy (non-hydrogen) atoms. The first kappa shape index (κ1) is 11.6. The molecule has 2 aromatic rings. The summed E-state index contributed by atoms with van der Waals surface area (Å²) in [7, 11) is 0. The first-order valence-electron chi connectivity index (χ1n) is 4.68. The van der Waals surface area contributed by atoms with Crippen molar-refractivity contribution in [3.8, 4) is 17.7 Å². The van der Waals surface area contributed by atoms with Crippen molar-refractivity contribution >= 4 is 15.9 Å². The molecule has 0 saturated heterocycles. The highest BCUT2D eigenvalue weighted by Gasteiger charge is 2.05. The summed E-state index contributed by atoms with van der Waals surface area (Å²) in [5.41, 5.74) is 0.433. The van der Waals surface area contributed by atoms with Crippen LogP contribution in [0.1, 0.15) is 5.56 Å². The van der Waals surface area contributed by atoms with Gasteiger partial charge in [0.15, 0.2) is 0 Å². The monoisotopic (exact) mass is 292 g/mol. The van der Waals surface area contributed by atoms with Crippen molar-refractivity contribution in [3.63, 3.8) is 0 Å². The Hall–Kier alpha value is -1.93. The van der Waals surface area contributed by atoms with E-state index in [0.29, 0.717) is 15.8 Å². The van der Waals surface area contributed by atoms with Gasteiger partial charge in [-0.05, 0) is 34.1 Å². The van der Waals surface area contributed by atoms with Crippen LogP contribution >= 0.6 is 15.9 Å². The molecule has 1 aromatic heterocycles. The molecule has 0 fully saturated rings. The molecule has 0 amide bonds. The summed E-state index contributed by atoms with van der Waals surface area (Å²) in [6.45, 7) is 0. The number of nitrogens with zero attached hydrogens (tertiary/aromatic N) is 2. The van der Waals surface area contributed by atoms with Gasteiger partial charge in [0.2, 0.25) is 5.88 Å². The maximum atomic E-state index is 13.0. The van der Waals surface area contributed by atoms with Gasteiger partial charge in [-0.15, -0.1) is 0 Å². The predicted octanol–water partition coefficient (Wildman–Crippen LogP) is 3.65. The lowest BCUT2D eigenvalue weighted by Crippen LogP contribution is -1.90. The van der Waals surface area contributed by atoms with E-state index in [1.165, 1.54) is 24.4 Å². The van der Waals surface area contributed by atoms with E-state index in [1.54, 1.807) is 12.1 Å². The fourth-order valence-electron chi connectivity index (χ4n) is 1.20. The fraction of sp³-hybridized carbons (Fsp3) is 0. The normalized spacial score (nSPS) is 9.71. The van der Waals surface area contributed by atoms with Crippen molar-refractivity contribution in [1.82, 2.24) is 4.98 Å². The molecule has 84 valence electrons. The van der Waals surface area contributed by atoms with Gasteiger partial charge in [-0.3, -0.25) is 0 Å². The number of aromatic nitrogens is 1. The third kappa shape index (κ3) is 2.80. The Bertz CT molecular complexity index is 595.